The summed E-state index contributed by atoms with van der Waals surface area (Å²) in [6, 6.07) is 2.02. The van der Waals surface area contributed by atoms with Gasteiger partial charge in [-0.05, 0) is 33.8 Å². The minimum absolute atomic E-state index is 0.317. The third-order valence-electron chi connectivity index (χ3n) is 3.73. The van der Waals surface area contributed by atoms with E-state index in [0.29, 0.717) is 18.0 Å². The highest BCUT2D eigenvalue weighted by molar-refractivity contribution is 7.99. The quantitative estimate of drug-likeness (QED) is 0.802. The van der Waals surface area contributed by atoms with E-state index in [9.17, 15) is 0 Å². The van der Waals surface area contributed by atoms with Crippen molar-refractivity contribution in [3.05, 3.63) is 17.5 Å². The van der Waals surface area contributed by atoms with Gasteiger partial charge in [0.15, 0.2) is 0 Å². The highest BCUT2D eigenvalue weighted by Crippen LogP contribution is 2.17. The van der Waals surface area contributed by atoms with E-state index in [1.165, 1.54) is 0 Å². The second-order valence-corrected chi connectivity index (χ2v) is 7.07. The van der Waals surface area contributed by atoms with Crippen LogP contribution in [0.1, 0.15) is 25.2 Å². The third kappa shape index (κ3) is 3.59. The Morgan fingerprint density at radius 3 is 2.68 bits per heavy atom. The average Bonchev–Trinajstić information content (AvgIpc) is 2.80. The van der Waals surface area contributed by atoms with E-state index in [1.807, 2.05) is 24.4 Å². The molecular formula is C15H23N5OS. The van der Waals surface area contributed by atoms with Crippen molar-refractivity contribution in [3.63, 3.8) is 0 Å². The van der Waals surface area contributed by atoms with E-state index in [0.717, 1.165) is 41.9 Å². The van der Waals surface area contributed by atoms with Crippen molar-refractivity contribution in [2.45, 2.75) is 45.1 Å². The van der Waals surface area contributed by atoms with Gasteiger partial charge in [0.2, 0.25) is 5.16 Å². The largest absolute Gasteiger partial charge is 0.373 e. The predicted molar refractivity (Wildman–Crippen MR) is 87.4 cm³/mol. The van der Waals surface area contributed by atoms with Crippen LogP contribution < -0.4 is 0 Å². The first kappa shape index (κ1) is 15.7. The van der Waals surface area contributed by atoms with Crippen LogP contribution in [0.25, 0.3) is 5.78 Å². The summed E-state index contributed by atoms with van der Waals surface area (Å²) in [5, 5.41) is 5.33. The maximum absolute atomic E-state index is 5.76. The number of hydrogen-bond donors (Lipinski definition) is 0. The Kier molecular flexibility index (Phi) is 4.65. The van der Waals surface area contributed by atoms with Gasteiger partial charge in [-0.15, -0.1) is 5.10 Å². The molecule has 0 bridgehead atoms. The van der Waals surface area contributed by atoms with E-state index in [4.69, 9.17) is 4.74 Å². The first-order chi connectivity index (χ1) is 10.5. The molecule has 1 aliphatic rings. The molecule has 3 heterocycles. The standard InChI is InChI=1S/C15H23N5OS/c1-10-7-11(2)20-14(16-10)17-15(18-20)22-6-5-19-8-12(3)21-13(4)9-19/h7,12-13H,5-6,8-9H2,1-4H3/t12-,13+. The Morgan fingerprint density at radius 1 is 1.23 bits per heavy atom. The summed E-state index contributed by atoms with van der Waals surface area (Å²) >= 11 is 1.69. The molecule has 0 unspecified atom stereocenters. The third-order valence-corrected chi connectivity index (χ3v) is 4.55. The van der Waals surface area contributed by atoms with Crippen LogP contribution in [0.15, 0.2) is 11.2 Å². The van der Waals surface area contributed by atoms with Gasteiger partial charge in [-0.3, -0.25) is 4.90 Å². The zero-order valence-corrected chi connectivity index (χ0v) is 14.4. The van der Waals surface area contributed by atoms with Crippen molar-refractivity contribution in [3.8, 4) is 0 Å². The van der Waals surface area contributed by atoms with Crippen molar-refractivity contribution in [2.24, 2.45) is 0 Å². The maximum atomic E-state index is 5.76. The minimum atomic E-state index is 0.317. The Morgan fingerprint density at radius 2 is 1.95 bits per heavy atom. The zero-order valence-electron chi connectivity index (χ0n) is 13.6. The monoisotopic (exact) mass is 321 g/mol. The lowest BCUT2D eigenvalue weighted by atomic mass is 10.2. The summed E-state index contributed by atoms with van der Waals surface area (Å²) in [5.74, 6) is 1.67. The van der Waals surface area contributed by atoms with E-state index < -0.39 is 0 Å². The highest BCUT2D eigenvalue weighted by atomic mass is 32.2. The van der Waals surface area contributed by atoms with Crippen molar-refractivity contribution < 1.29 is 4.74 Å². The van der Waals surface area contributed by atoms with Crippen LogP contribution in [-0.4, -0.2) is 62.1 Å². The smallest absolute Gasteiger partial charge is 0.253 e. The number of aromatic nitrogens is 4. The molecule has 0 aliphatic carbocycles. The number of morpholine rings is 1. The van der Waals surface area contributed by atoms with E-state index >= 15 is 0 Å². The fraction of sp³-hybridized carbons (Fsp3) is 0.667. The lowest BCUT2D eigenvalue weighted by molar-refractivity contribution is -0.0661. The molecule has 22 heavy (non-hydrogen) atoms. The number of hydrogen-bond acceptors (Lipinski definition) is 6. The summed E-state index contributed by atoms with van der Waals surface area (Å²) in [5.41, 5.74) is 2.04. The topological polar surface area (TPSA) is 55.5 Å². The molecule has 0 spiro atoms. The van der Waals surface area contributed by atoms with Gasteiger partial charge in [0.25, 0.3) is 5.78 Å². The van der Waals surface area contributed by atoms with Crippen LogP contribution >= 0.6 is 11.8 Å². The number of ether oxygens (including phenoxy) is 1. The van der Waals surface area contributed by atoms with Gasteiger partial charge in [-0.25, -0.2) is 9.50 Å². The molecule has 1 fully saturated rings. The zero-order chi connectivity index (χ0) is 15.7. The molecule has 0 saturated carbocycles. The molecule has 0 radical (unpaired) electrons. The number of aryl methyl sites for hydroxylation is 2. The molecule has 120 valence electrons. The summed E-state index contributed by atoms with van der Waals surface area (Å²) in [6.07, 6.45) is 0.633. The van der Waals surface area contributed by atoms with Gasteiger partial charge in [0.1, 0.15) is 0 Å². The maximum Gasteiger partial charge on any atom is 0.253 e. The minimum Gasteiger partial charge on any atom is -0.373 e. The molecule has 6 nitrogen and oxygen atoms in total. The van der Waals surface area contributed by atoms with Crippen LogP contribution in [0.2, 0.25) is 0 Å². The lowest BCUT2D eigenvalue weighted by Crippen LogP contribution is -2.46. The molecule has 1 saturated heterocycles. The van der Waals surface area contributed by atoms with Crippen molar-refractivity contribution in [2.75, 3.05) is 25.4 Å². The fourth-order valence-electron chi connectivity index (χ4n) is 2.94. The normalized spacial score (nSPS) is 23.3. The Bertz CT molecular complexity index is 649. The molecule has 2 aromatic heterocycles. The van der Waals surface area contributed by atoms with Gasteiger partial charge >= 0.3 is 0 Å². The SMILES string of the molecule is Cc1cc(C)n2nc(SCCN3C[C@@H](C)O[C@@H](C)C3)nc2n1. The van der Waals surface area contributed by atoms with Crippen molar-refractivity contribution in [1.82, 2.24) is 24.5 Å². The Hall–Kier alpha value is -1.18. The summed E-state index contributed by atoms with van der Waals surface area (Å²) in [6.45, 7) is 11.3. The van der Waals surface area contributed by atoms with Crippen LogP contribution in [0, 0.1) is 13.8 Å². The molecule has 1 aliphatic heterocycles. The summed E-state index contributed by atoms with van der Waals surface area (Å²) in [7, 11) is 0. The fourth-order valence-corrected chi connectivity index (χ4v) is 3.76. The second-order valence-electron chi connectivity index (χ2n) is 6.01. The average molecular weight is 321 g/mol. The van der Waals surface area contributed by atoms with Crippen molar-refractivity contribution >= 4 is 17.5 Å². The van der Waals surface area contributed by atoms with E-state index in [1.54, 1.807) is 11.8 Å². The number of rotatable bonds is 4. The van der Waals surface area contributed by atoms with Crippen LogP contribution in [0.3, 0.4) is 0 Å². The first-order valence-electron chi connectivity index (χ1n) is 7.73. The summed E-state index contributed by atoms with van der Waals surface area (Å²) in [4.78, 5) is 11.4. The van der Waals surface area contributed by atoms with Gasteiger partial charge in [-0.1, -0.05) is 11.8 Å². The van der Waals surface area contributed by atoms with Gasteiger partial charge in [0, 0.05) is 36.8 Å². The molecule has 0 N–H and O–H groups in total. The first-order valence-corrected chi connectivity index (χ1v) is 8.71. The summed E-state index contributed by atoms with van der Waals surface area (Å²) < 4.78 is 7.57. The second kappa shape index (κ2) is 6.52. The lowest BCUT2D eigenvalue weighted by Gasteiger charge is -2.35. The van der Waals surface area contributed by atoms with Gasteiger partial charge in [0.05, 0.1) is 12.2 Å². The van der Waals surface area contributed by atoms with E-state index in [-0.39, 0.29) is 0 Å². The molecule has 3 rings (SSSR count). The molecule has 7 heteroatoms. The number of thioether (sulfide) groups is 1. The Balaban J connectivity index is 1.59. The number of fused-ring (bicyclic) bond motifs is 1. The number of nitrogens with zero attached hydrogens (tertiary/aromatic N) is 5. The van der Waals surface area contributed by atoms with Crippen LogP contribution in [0.4, 0.5) is 0 Å². The highest BCUT2D eigenvalue weighted by Gasteiger charge is 2.21. The van der Waals surface area contributed by atoms with Crippen LogP contribution in [-0.2, 0) is 4.74 Å². The molecule has 2 atom stereocenters. The van der Waals surface area contributed by atoms with Crippen molar-refractivity contribution in [1.29, 1.82) is 0 Å². The molecule has 0 amide bonds. The van der Waals surface area contributed by atoms with E-state index in [2.05, 4.69) is 33.8 Å². The predicted octanol–water partition coefficient (Wildman–Crippen LogP) is 1.94. The molecule has 2 aromatic rings. The van der Waals surface area contributed by atoms with Crippen LogP contribution in [0.5, 0.6) is 0 Å². The van der Waals surface area contributed by atoms with Gasteiger partial charge in [-0.2, -0.15) is 4.98 Å². The Labute approximate surface area is 135 Å². The van der Waals surface area contributed by atoms with Gasteiger partial charge < -0.3 is 4.74 Å². The molecule has 0 aromatic carbocycles. The molecular weight excluding hydrogens is 298 g/mol.